The van der Waals surface area contributed by atoms with E-state index in [-0.39, 0.29) is 5.91 Å². The summed E-state index contributed by atoms with van der Waals surface area (Å²) in [5.41, 5.74) is 1.26. The van der Waals surface area contributed by atoms with Gasteiger partial charge in [-0.05, 0) is 25.0 Å². The lowest BCUT2D eigenvalue weighted by molar-refractivity contribution is -0.130. The number of ether oxygens (including phenoxy) is 1. The number of piperazine rings is 1. The van der Waals surface area contributed by atoms with Gasteiger partial charge in [-0.3, -0.25) is 14.6 Å². The number of carbonyl (C=O) groups is 1. The highest BCUT2D eigenvalue weighted by Crippen LogP contribution is 2.23. The molecule has 5 nitrogen and oxygen atoms in total. The summed E-state index contributed by atoms with van der Waals surface area (Å²) in [6.07, 6.45) is 0. The van der Waals surface area contributed by atoms with Crippen molar-refractivity contribution in [3.8, 4) is 5.75 Å². The lowest BCUT2D eigenvalue weighted by Gasteiger charge is -2.39. The Balaban J connectivity index is 1.42. The van der Waals surface area contributed by atoms with Gasteiger partial charge in [-0.1, -0.05) is 24.6 Å². The smallest absolute Gasteiger partial charge is 0.219 e. The Bertz CT molecular complexity index is 567. The second kappa shape index (κ2) is 8.19. The molecule has 0 bridgehead atoms. The molecule has 0 spiro atoms. The first-order valence-electron chi connectivity index (χ1n) is 9.44. The number of amides is 1. The normalized spacial score (nSPS) is 25.3. The van der Waals surface area contributed by atoms with Gasteiger partial charge < -0.3 is 9.64 Å². The summed E-state index contributed by atoms with van der Waals surface area (Å²) in [7, 11) is 0. The van der Waals surface area contributed by atoms with Gasteiger partial charge in [-0.15, -0.1) is 0 Å². The Labute approximate surface area is 151 Å². The summed E-state index contributed by atoms with van der Waals surface area (Å²) in [4.78, 5) is 18.5. The summed E-state index contributed by atoms with van der Waals surface area (Å²) >= 11 is 0. The molecule has 3 rings (SSSR count). The first-order chi connectivity index (χ1) is 12.0. The van der Waals surface area contributed by atoms with Gasteiger partial charge in [0, 0.05) is 58.8 Å². The predicted octanol–water partition coefficient (Wildman–Crippen LogP) is 1.86. The molecule has 2 saturated heterocycles. The van der Waals surface area contributed by atoms with E-state index in [4.69, 9.17) is 4.74 Å². The Morgan fingerprint density at radius 2 is 1.80 bits per heavy atom. The average Bonchev–Trinajstić information content (AvgIpc) is 2.97. The minimum atomic E-state index is 0.203. The summed E-state index contributed by atoms with van der Waals surface area (Å²) in [6.45, 7) is 13.8. The number of rotatable bonds is 5. The topological polar surface area (TPSA) is 36.0 Å². The molecule has 2 aliphatic rings. The highest BCUT2D eigenvalue weighted by molar-refractivity contribution is 5.73. The quantitative estimate of drug-likeness (QED) is 0.816. The van der Waals surface area contributed by atoms with Crippen molar-refractivity contribution in [3.63, 3.8) is 0 Å². The fraction of sp³-hybridized carbons (Fsp3) is 0.650. The average molecular weight is 345 g/mol. The van der Waals surface area contributed by atoms with Crippen LogP contribution in [0.1, 0.15) is 19.4 Å². The van der Waals surface area contributed by atoms with Gasteiger partial charge in [0.15, 0.2) is 0 Å². The molecule has 1 aromatic carbocycles. The van der Waals surface area contributed by atoms with Crippen LogP contribution in [0.15, 0.2) is 24.3 Å². The minimum Gasteiger partial charge on any atom is -0.492 e. The van der Waals surface area contributed by atoms with Crippen LogP contribution >= 0.6 is 0 Å². The van der Waals surface area contributed by atoms with E-state index in [0.717, 1.165) is 58.2 Å². The van der Waals surface area contributed by atoms with Crippen molar-refractivity contribution < 1.29 is 9.53 Å². The SMILES string of the molecule is CC(=O)N1CCN([C@@H]2CN(CCOc3ccc(C)cc3)C[C@@H]2C)CC1. The van der Waals surface area contributed by atoms with E-state index in [1.54, 1.807) is 6.92 Å². The highest BCUT2D eigenvalue weighted by Gasteiger charge is 2.35. The molecule has 2 fully saturated rings. The zero-order valence-electron chi connectivity index (χ0n) is 15.8. The van der Waals surface area contributed by atoms with E-state index in [1.165, 1.54) is 5.56 Å². The maximum absolute atomic E-state index is 11.5. The zero-order chi connectivity index (χ0) is 17.8. The molecule has 5 heteroatoms. The van der Waals surface area contributed by atoms with Gasteiger partial charge in [0.25, 0.3) is 0 Å². The number of aryl methyl sites for hydroxylation is 1. The van der Waals surface area contributed by atoms with E-state index in [0.29, 0.717) is 12.0 Å². The largest absolute Gasteiger partial charge is 0.492 e. The number of hydrogen-bond donors (Lipinski definition) is 0. The number of hydrogen-bond acceptors (Lipinski definition) is 4. The van der Waals surface area contributed by atoms with Gasteiger partial charge in [0.1, 0.15) is 12.4 Å². The molecule has 1 aromatic rings. The van der Waals surface area contributed by atoms with Crippen molar-refractivity contribution >= 4 is 5.91 Å². The maximum atomic E-state index is 11.5. The zero-order valence-corrected chi connectivity index (χ0v) is 15.8. The number of carbonyl (C=O) groups excluding carboxylic acids is 1. The molecule has 0 N–H and O–H groups in total. The van der Waals surface area contributed by atoms with Crippen molar-refractivity contribution in [3.05, 3.63) is 29.8 Å². The number of benzene rings is 1. The summed E-state index contributed by atoms with van der Waals surface area (Å²) < 4.78 is 5.88. The third-order valence-electron chi connectivity index (χ3n) is 5.57. The van der Waals surface area contributed by atoms with Gasteiger partial charge >= 0.3 is 0 Å². The highest BCUT2D eigenvalue weighted by atomic mass is 16.5. The Hall–Kier alpha value is -1.59. The van der Waals surface area contributed by atoms with E-state index >= 15 is 0 Å². The van der Waals surface area contributed by atoms with Crippen LogP contribution < -0.4 is 4.74 Å². The Morgan fingerprint density at radius 1 is 1.12 bits per heavy atom. The third kappa shape index (κ3) is 4.73. The second-order valence-electron chi connectivity index (χ2n) is 7.51. The van der Waals surface area contributed by atoms with Gasteiger partial charge in [0.2, 0.25) is 5.91 Å². The van der Waals surface area contributed by atoms with Crippen molar-refractivity contribution in [2.75, 3.05) is 52.4 Å². The second-order valence-corrected chi connectivity index (χ2v) is 7.51. The van der Waals surface area contributed by atoms with Crippen LogP contribution in [0.5, 0.6) is 5.75 Å². The Kier molecular flexibility index (Phi) is 5.97. The fourth-order valence-corrected chi connectivity index (χ4v) is 4.00. The monoisotopic (exact) mass is 345 g/mol. The van der Waals surface area contributed by atoms with Crippen LogP contribution in [-0.2, 0) is 4.79 Å². The van der Waals surface area contributed by atoms with Crippen LogP contribution in [0.3, 0.4) is 0 Å². The summed E-state index contributed by atoms with van der Waals surface area (Å²) in [5, 5.41) is 0. The standard InChI is InChI=1S/C20H31N3O2/c1-16-4-6-19(7-5-16)25-13-12-21-14-17(2)20(15-21)23-10-8-22(9-11-23)18(3)24/h4-7,17,20H,8-15H2,1-3H3/t17-,20+/m0/s1. The first kappa shape index (κ1) is 18.2. The lowest BCUT2D eigenvalue weighted by Crippen LogP contribution is -2.53. The molecular formula is C20H31N3O2. The van der Waals surface area contributed by atoms with Gasteiger partial charge in [-0.2, -0.15) is 0 Å². The fourth-order valence-electron chi connectivity index (χ4n) is 4.00. The molecule has 0 aromatic heterocycles. The van der Waals surface area contributed by atoms with Crippen LogP contribution in [-0.4, -0.2) is 79.1 Å². The molecule has 2 atom stereocenters. The summed E-state index contributed by atoms with van der Waals surface area (Å²) in [6, 6.07) is 8.86. The van der Waals surface area contributed by atoms with E-state index in [1.807, 2.05) is 17.0 Å². The molecule has 0 unspecified atom stereocenters. The molecule has 0 aliphatic carbocycles. The number of nitrogens with zero attached hydrogens (tertiary/aromatic N) is 3. The van der Waals surface area contributed by atoms with Crippen LogP contribution in [0.25, 0.3) is 0 Å². The minimum absolute atomic E-state index is 0.203. The molecule has 0 saturated carbocycles. The van der Waals surface area contributed by atoms with Gasteiger partial charge in [-0.25, -0.2) is 0 Å². The molecule has 1 amide bonds. The first-order valence-corrected chi connectivity index (χ1v) is 9.44. The van der Waals surface area contributed by atoms with Crippen molar-refractivity contribution in [1.82, 2.24) is 14.7 Å². The van der Waals surface area contributed by atoms with E-state index < -0.39 is 0 Å². The van der Waals surface area contributed by atoms with Crippen LogP contribution in [0.4, 0.5) is 0 Å². The van der Waals surface area contributed by atoms with E-state index in [2.05, 4.69) is 35.8 Å². The van der Waals surface area contributed by atoms with Crippen molar-refractivity contribution in [2.24, 2.45) is 5.92 Å². The van der Waals surface area contributed by atoms with Crippen LogP contribution in [0, 0.1) is 12.8 Å². The van der Waals surface area contributed by atoms with Crippen molar-refractivity contribution in [1.29, 1.82) is 0 Å². The van der Waals surface area contributed by atoms with E-state index in [9.17, 15) is 4.79 Å². The molecular weight excluding hydrogens is 314 g/mol. The molecule has 138 valence electrons. The molecule has 2 heterocycles. The Morgan fingerprint density at radius 3 is 2.44 bits per heavy atom. The maximum Gasteiger partial charge on any atom is 0.219 e. The molecule has 0 radical (unpaired) electrons. The summed E-state index contributed by atoms with van der Waals surface area (Å²) in [5.74, 6) is 1.83. The number of likely N-dealkylation sites (tertiary alicyclic amines) is 1. The molecule has 25 heavy (non-hydrogen) atoms. The van der Waals surface area contributed by atoms with Crippen LogP contribution in [0.2, 0.25) is 0 Å². The molecule has 2 aliphatic heterocycles. The predicted molar refractivity (Wildman–Crippen MR) is 99.9 cm³/mol. The third-order valence-corrected chi connectivity index (χ3v) is 5.57. The lowest BCUT2D eigenvalue weighted by atomic mass is 10.0. The van der Waals surface area contributed by atoms with Gasteiger partial charge in [0.05, 0.1) is 0 Å². The van der Waals surface area contributed by atoms with Crippen molar-refractivity contribution in [2.45, 2.75) is 26.8 Å².